The number of nitrogens with zero attached hydrogens (tertiary/aromatic N) is 3. The molecule has 0 saturated heterocycles. The maximum absolute atomic E-state index is 11.9. The van der Waals surface area contributed by atoms with Crippen LogP contribution in [-0.2, 0) is 4.79 Å². The number of nitrogens with one attached hydrogen (secondary N) is 1. The molecular formula is C15H12N4O. The number of pyridine rings is 1. The van der Waals surface area contributed by atoms with Gasteiger partial charge in [0.1, 0.15) is 0 Å². The van der Waals surface area contributed by atoms with Crippen molar-refractivity contribution in [2.24, 2.45) is 5.10 Å². The number of hydrogen-bond acceptors (Lipinski definition) is 4. The van der Waals surface area contributed by atoms with Crippen molar-refractivity contribution < 1.29 is 4.79 Å². The monoisotopic (exact) mass is 264 g/mol. The molecule has 2 aromatic rings. The highest BCUT2D eigenvalue weighted by Crippen LogP contribution is 2.14. The molecule has 0 aliphatic heterocycles. The van der Waals surface area contributed by atoms with Crippen LogP contribution in [-0.4, -0.2) is 17.1 Å². The molecule has 0 fully saturated rings. The van der Waals surface area contributed by atoms with E-state index in [1.165, 1.54) is 6.21 Å². The van der Waals surface area contributed by atoms with Crippen LogP contribution in [0.3, 0.4) is 0 Å². The lowest BCUT2D eigenvalue weighted by atomic mass is 10.0. The van der Waals surface area contributed by atoms with Gasteiger partial charge in [-0.25, -0.2) is 5.43 Å². The molecule has 1 aromatic heterocycles. The first-order valence-electron chi connectivity index (χ1n) is 5.99. The Bertz CT molecular complexity index is 632. The normalized spacial score (nSPS) is 11.8. The summed E-state index contributed by atoms with van der Waals surface area (Å²) in [6.07, 6.45) is 4.75. The maximum Gasteiger partial charge on any atom is 0.261 e. The fourth-order valence-electron chi connectivity index (χ4n) is 1.62. The van der Waals surface area contributed by atoms with Gasteiger partial charge in [0.15, 0.2) is 5.92 Å². The quantitative estimate of drug-likeness (QED) is 0.676. The van der Waals surface area contributed by atoms with E-state index in [0.717, 1.165) is 5.56 Å². The van der Waals surface area contributed by atoms with Crippen molar-refractivity contribution in [2.75, 3.05) is 0 Å². The van der Waals surface area contributed by atoms with Crippen LogP contribution in [0.1, 0.15) is 17.0 Å². The summed E-state index contributed by atoms with van der Waals surface area (Å²) in [7, 11) is 0. The number of hydrogen-bond donors (Lipinski definition) is 1. The molecular weight excluding hydrogens is 252 g/mol. The average molecular weight is 264 g/mol. The van der Waals surface area contributed by atoms with Gasteiger partial charge in [-0.05, 0) is 11.6 Å². The maximum atomic E-state index is 11.9. The molecule has 1 heterocycles. The second-order valence-electron chi connectivity index (χ2n) is 3.99. The molecule has 1 N–H and O–H groups in total. The summed E-state index contributed by atoms with van der Waals surface area (Å²) in [5.41, 5.74) is 3.77. The highest BCUT2D eigenvalue weighted by atomic mass is 16.2. The standard InChI is InChI=1S/C15H12N4O/c16-9-14(13-6-2-1-3-7-13)15(20)19-18-11-12-5-4-8-17-10-12/h1-8,10-11,14H,(H,19,20)/b18-11-/t14-/m1/s1. The summed E-state index contributed by atoms with van der Waals surface area (Å²) in [6.45, 7) is 0. The van der Waals surface area contributed by atoms with Crippen LogP contribution in [0, 0.1) is 11.3 Å². The van der Waals surface area contributed by atoms with Crippen molar-refractivity contribution in [3.05, 3.63) is 66.0 Å². The number of rotatable bonds is 4. The predicted molar refractivity (Wildman–Crippen MR) is 74.8 cm³/mol. The van der Waals surface area contributed by atoms with Crippen LogP contribution in [0.5, 0.6) is 0 Å². The van der Waals surface area contributed by atoms with Crippen LogP contribution in [0.25, 0.3) is 0 Å². The molecule has 1 amide bonds. The molecule has 0 saturated carbocycles. The molecule has 0 aliphatic carbocycles. The number of carbonyl (C=O) groups is 1. The Kier molecular flexibility index (Phi) is 4.57. The smallest absolute Gasteiger partial charge is 0.261 e. The van der Waals surface area contributed by atoms with Gasteiger partial charge in [-0.15, -0.1) is 0 Å². The van der Waals surface area contributed by atoms with Crippen molar-refractivity contribution in [3.8, 4) is 6.07 Å². The van der Waals surface area contributed by atoms with Crippen LogP contribution in [0.4, 0.5) is 0 Å². The Morgan fingerprint density at radius 2 is 2.10 bits per heavy atom. The second kappa shape index (κ2) is 6.81. The molecule has 1 aromatic carbocycles. The number of carbonyl (C=O) groups excluding carboxylic acids is 1. The molecule has 0 aliphatic rings. The molecule has 0 spiro atoms. The van der Waals surface area contributed by atoms with E-state index in [2.05, 4.69) is 15.5 Å². The molecule has 0 bridgehead atoms. The SMILES string of the molecule is N#C[C@@H](C(=O)N/N=C\c1cccnc1)c1ccccc1. The van der Waals surface area contributed by atoms with E-state index in [0.29, 0.717) is 5.56 Å². The Balaban J connectivity index is 2.01. The topological polar surface area (TPSA) is 78.1 Å². The van der Waals surface area contributed by atoms with Gasteiger partial charge in [-0.3, -0.25) is 9.78 Å². The number of hydrazone groups is 1. The lowest BCUT2D eigenvalue weighted by molar-refractivity contribution is -0.121. The Morgan fingerprint density at radius 1 is 1.30 bits per heavy atom. The Hall–Kier alpha value is -3.00. The van der Waals surface area contributed by atoms with Gasteiger partial charge in [0.2, 0.25) is 0 Å². The summed E-state index contributed by atoms with van der Waals surface area (Å²) in [4.78, 5) is 15.8. The van der Waals surface area contributed by atoms with Crippen molar-refractivity contribution in [2.45, 2.75) is 5.92 Å². The fourth-order valence-corrected chi connectivity index (χ4v) is 1.62. The lowest BCUT2D eigenvalue weighted by Gasteiger charge is -2.06. The fraction of sp³-hybridized carbons (Fsp3) is 0.0667. The first-order valence-corrected chi connectivity index (χ1v) is 5.99. The molecule has 5 heteroatoms. The largest absolute Gasteiger partial charge is 0.271 e. The van der Waals surface area contributed by atoms with Crippen molar-refractivity contribution >= 4 is 12.1 Å². The Morgan fingerprint density at radius 3 is 2.75 bits per heavy atom. The predicted octanol–water partition coefficient (Wildman–Crippen LogP) is 1.84. The number of amides is 1. The second-order valence-corrected chi connectivity index (χ2v) is 3.99. The molecule has 0 radical (unpaired) electrons. The van der Waals surface area contributed by atoms with Crippen LogP contribution in [0.15, 0.2) is 60.0 Å². The third kappa shape index (κ3) is 3.50. The first kappa shape index (κ1) is 13.4. The van der Waals surface area contributed by atoms with E-state index in [1.807, 2.05) is 18.2 Å². The van der Waals surface area contributed by atoms with Gasteiger partial charge in [0.05, 0.1) is 12.3 Å². The first-order chi connectivity index (χ1) is 9.81. The van der Waals surface area contributed by atoms with Gasteiger partial charge in [-0.2, -0.15) is 10.4 Å². The highest BCUT2D eigenvalue weighted by Gasteiger charge is 2.19. The number of aromatic nitrogens is 1. The summed E-state index contributed by atoms with van der Waals surface area (Å²) in [5.74, 6) is -1.33. The van der Waals surface area contributed by atoms with Gasteiger partial charge < -0.3 is 0 Å². The molecule has 0 unspecified atom stereocenters. The van der Waals surface area contributed by atoms with E-state index in [9.17, 15) is 4.79 Å². The zero-order valence-electron chi connectivity index (χ0n) is 10.6. The van der Waals surface area contributed by atoms with Crippen LogP contribution >= 0.6 is 0 Å². The molecule has 98 valence electrons. The summed E-state index contributed by atoms with van der Waals surface area (Å²) < 4.78 is 0. The van der Waals surface area contributed by atoms with E-state index < -0.39 is 11.8 Å². The minimum atomic E-state index is -0.873. The number of nitriles is 1. The summed E-state index contributed by atoms with van der Waals surface area (Å²) in [6, 6.07) is 14.4. The van der Waals surface area contributed by atoms with E-state index in [1.54, 1.807) is 42.7 Å². The summed E-state index contributed by atoms with van der Waals surface area (Å²) >= 11 is 0. The third-order valence-corrected chi connectivity index (χ3v) is 2.60. The molecule has 2 rings (SSSR count). The summed E-state index contributed by atoms with van der Waals surface area (Å²) in [5, 5.41) is 12.9. The zero-order chi connectivity index (χ0) is 14.2. The number of benzene rings is 1. The lowest BCUT2D eigenvalue weighted by Crippen LogP contribution is -2.24. The minimum Gasteiger partial charge on any atom is -0.271 e. The minimum absolute atomic E-state index is 0.459. The Labute approximate surface area is 116 Å². The van der Waals surface area contributed by atoms with Gasteiger partial charge in [-0.1, -0.05) is 36.4 Å². The third-order valence-electron chi connectivity index (χ3n) is 2.60. The van der Waals surface area contributed by atoms with E-state index in [-0.39, 0.29) is 0 Å². The average Bonchev–Trinajstić information content (AvgIpc) is 2.50. The zero-order valence-corrected chi connectivity index (χ0v) is 10.6. The van der Waals surface area contributed by atoms with Gasteiger partial charge in [0, 0.05) is 18.0 Å². The molecule has 1 atom stereocenters. The molecule has 5 nitrogen and oxygen atoms in total. The van der Waals surface area contributed by atoms with Gasteiger partial charge >= 0.3 is 0 Å². The van der Waals surface area contributed by atoms with Crippen LogP contribution in [0.2, 0.25) is 0 Å². The van der Waals surface area contributed by atoms with Gasteiger partial charge in [0.25, 0.3) is 5.91 Å². The van der Waals surface area contributed by atoms with Crippen molar-refractivity contribution in [3.63, 3.8) is 0 Å². The highest BCUT2D eigenvalue weighted by molar-refractivity contribution is 5.87. The van der Waals surface area contributed by atoms with E-state index in [4.69, 9.17) is 5.26 Å². The molecule has 20 heavy (non-hydrogen) atoms. The van der Waals surface area contributed by atoms with Crippen molar-refractivity contribution in [1.29, 1.82) is 5.26 Å². The van der Waals surface area contributed by atoms with Crippen LogP contribution < -0.4 is 5.43 Å². The van der Waals surface area contributed by atoms with E-state index >= 15 is 0 Å². The van der Waals surface area contributed by atoms with Crippen molar-refractivity contribution in [1.82, 2.24) is 10.4 Å².